The fourth-order valence-corrected chi connectivity index (χ4v) is 3.13. The van der Waals surface area contributed by atoms with Crippen LogP contribution in [0.1, 0.15) is 11.1 Å². The first-order valence-corrected chi connectivity index (χ1v) is 8.12. The van der Waals surface area contributed by atoms with Crippen molar-refractivity contribution in [1.29, 1.82) is 0 Å². The second-order valence-corrected chi connectivity index (χ2v) is 5.95. The lowest BCUT2D eigenvalue weighted by Gasteiger charge is -2.28. The number of pyridine rings is 1. The second-order valence-electron chi connectivity index (χ2n) is 5.95. The Labute approximate surface area is 140 Å². The maximum atomic E-state index is 12.5. The molecule has 0 aliphatic carbocycles. The first-order valence-electron chi connectivity index (χ1n) is 8.12. The van der Waals surface area contributed by atoms with Crippen molar-refractivity contribution in [3.8, 4) is 5.75 Å². The van der Waals surface area contributed by atoms with E-state index in [4.69, 9.17) is 4.74 Å². The summed E-state index contributed by atoms with van der Waals surface area (Å²) in [6.45, 7) is 1.46. The average Bonchev–Trinajstić information content (AvgIpc) is 2.65. The van der Waals surface area contributed by atoms with Crippen LogP contribution in [0, 0.1) is 0 Å². The van der Waals surface area contributed by atoms with E-state index in [0.717, 1.165) is 23.9 Å². The number of fused-ring (bicyclic) bond motifs is 2. The van der Waals surface area contributed by atoms with Crippen LogP contribution in [-0.2, 0) is 17.8 Å². The Morgan fingerprint density at radius 2 is 1.83 bits per heavy atom. The molecule has 0 N–H and O–H groups in total. The number of carbonyl (C=O) groups excluding carboxylic acids is 1. The molecule has 0 unspecified atom stereocenters. The molecule has 4 rings (SSSR count). The van der Waals surface area contributed by atoms with Crippen molar-refractivity contribution in [2.45, 2.75) is 13.0 Å². The highest BCUT2D eigenvalue weighted by Gasteiger charge is 2.20. The molecule has 120 valence electrons. The van der Waals surface area contributed by atoms with Gasteiger partial charge in [-0.05, 0) is 35.7 Å². The van der Waals surface area contributed by atoms with Crippen LogP contribution in [0.25, 0.3) is 10.9 Å². The van der Waals surface area contributed by atoms with Gasteiger partial charge in [0.2, 0.25) is 0 Å². The highest BCUT2D eigenvalue weighted by molar-refractivity contribution is 5.85. The summed E-state index contributed by atoms with van der Waals surface area (Å²) in [6, 6.07) is 17.9. The molecule has 0 saturated carbocycles. The second kappa shape index (κ2) is 6.32. The fraction of sp³-hybridized carbons (Fsp3) is 0.200. The number of benzene rings is 2. The summed E-state index contributed by atoms with van der Waals surface area (Å²) in [5.41, 5.74) is 3.43. The van der Waals surface area contributed by atoms with Crippen LogP contribution >= 0.6 is 0 Å². The lowest BCUT2D eigenvalue weighted by molar-refractivity contribution is -0.134. The van der Waals surface area contributed by atoms with Gasteiger partial charge in [0.15, 0.2) is 6.61 Å². The van der Waals surface area contributed by atoms with Crippen molar-refractivity contribution in [2.75, 3.05) is 13.2 Å². The molecule has 2 aromatic carbocycles. The quantitative estimate of drug-likeness (QED) is 0.745. The SMILES string of the molecule is O=C(COc1ccnc2ccccc12)N1CCc2ccccc2C1. The Morgan fingerprint density at radius 1 is 1.04 bits per heavy atom. The van der Waals surface area contributed by atoms with Gasteiger partial charge in [-0.2, -0.15) is 0 Å². The first-order chi connectivity index (χ1) is 11.8. The van der Waals surface area contributed by atoms with Crippen molar-refractivity contribution in [3.05, 3.63) is 71.9 Å². The molecule has 4 nitrogen and oxygen atoms in total. The monoisotopic (exact) mass is 318 g/mol. The van der Waals surface area contributed by atoms with Crippen LogP contribution < -0.4 is 4.74 Å². The Morgan fingerprint density at radius 3 is 2.75 bits per heavy atom. The van der Waals surface area contributed by atoms with Crippen LogP contribution in [0.3, 0.4) is 0 Å². The van der Waals surface area contributed by atoms with E-state index >= 15 is 0 Å². The van der Waals surface area contributed by atoms with Gasteiger partial charge in [-0.1, -0.05) is 36.4 Å². The molecule has 24 heavy (non-hydrogen) atoms. The van der Waals surface area contributed by atoms with Gasteiger partial charge >= 0.3 is 0 Å². The van der Waals surface area contributed by atoms with Crippen LogP contribution in [0.4, 0.5) is 0 Å². The van der Waals surface area contributed by atoms with E-state index in [-0.39, 0.29) is 12.5 Å². The van der Waals surface area contributed by atoms with E-state index in [9.17, 15) is 4.79 Å². The number of hydrogen-bond donors (Lipinski definition) is 0. The van der Waals surface area contributed by atoms with Crippen molar-refractivity contribution in [1.82, 2.24) is 9.88 Å². The van der Waals surface area contributed by atoms with Gasteiger partial charge < -0.3 is 9.64 Å². The van der Waals surface area contributed by atoms with E-state index in [1.807, 2.05) is 41.3 Å². The molecule has 2 heterocycles. The highest BCUT2D eigenvalue weighted by Crippen LogP contribution is 2.24. The van der Waals surface area contributed by atoms with Gasteiger partial charge in [-0.15, -0.1) is 0 Å². The van der Waals surface area contributed by atoms with Crippen LogP contribution in [0.5, 0.6) is 5.75 Å². The molecule has 0 radical (unpaired) electrons. The van der Waals surface area contributed by atoms with Gasteiger partial charge in [-0.25, -0.2) is 0 Å². The molecule has 1 amide bonds. The third-order valence-electron chi connectivity index (χ3n) is 4.44. The summed E-state index contributed by atoms with van der Waals surface area (Å²) >= 11 is 0. The Bertz CT molecular complexity index is 886. The number of para-hydroxylation sites is 1. The van der Waals surface area contributed by atoms with Gasteiger partial charge in [0, 0.05) is 24.7 Å². The molecular weight excluding hydrogens is 300 g/mol. The van der Waals surface area contributed by atoms with Crippen LogP contribution in [-0.4, -0.2) is 28.9 Å². The zero-order valence-corrected chi connectivity index (χ0v) is 13.3. The lowest BCUT2D eigenvalue weighted by atomic mass is 10.00. The fourth-order valence-electron chi connectivity index (χ4n) is 3.13. The van der Waals surface area contributed by atoms with E-state index < -0.39 is 0 Å². The van der Waals surface area contributed by atoms with Gasteiger partial charge in [0.25, 0.3) is 5.91 Å². The molecule has 4 heteroatoms. The van der Waals surface area contributed by atoms with E-state index in [1.54, 1.807) is 12.3 Å². The van der Waals surface area contributed by atoms with E-state index in [2.05, 4.69) is 17.1 Å². The Kier molecular flexibility index (Phi) is 3.87. The minimum Gasteiger partial charge on any atom is -0.483 e. The number of ether oxygens (including phenoxy) is 1. The molecule has 0 saturated heterocycles. The largest absolute Gasteiger partial charge is 0.483 e. The number of amides is 1. The Hall–Kier alpha value is -2.88. The Balaban J connectivity index is 1.45. The average molecular weight is 318 g/mol. The number of rotatable bonds is 3. The van der Waals surface area contributed by atoms with Crippen molar-refractivity contribution in [3.63, 3.8) is 0 Å². The standard InChI is InChI=1S/C20H18N2O2/c23-20(22-12-10-15-5-1-2-6-16(15)13-22)14-24-19-9-11-21-18-8-4-3-7-17(18)19/h1-9,11H,10,12-14H2. The summed E-state index contributed by atoms with van der Waals surface area (Å²) in [6.07, 6.45) is 2.61. The van der Waals surface area contributed by atoms with Crippen molar-refractivity contribution >= 4 is 16.8 Å². The maximum absolute atomic E-state index is 12.5. The third-order valence-corrected chi connectivity index (χ3v) is 4.44. The molecule has 0 bridgehead atoms. The van der Waals surface area contributed by atoms with Gasteiger partial charge in [0.1, 0.15) is 5.75 Å². The topological polar surface area (TPSA) is 42.4 Å². The summed E-state index contributed by atoms with van der Waals surface area (Å²) in [5, 5.41) is 0.928. The summed E-state index contributed by atoms with van der Waals surface area (Å²) in [5.74, 6) is 0.719. The van der Waals surface area contributed by atoms with Crippen molar-refractivity contribution in [2.24, 2.45) is 0 Å². The predicted molar refractivity (Wildman–Crippen MR) is 92.8 cm³/mol. The summed E-state index contributed by atoms with van der Waals surface area (Å²) < 4.78 is 5.79. The number of aromatic nitrogens is 1. The van der Waals surface area contributed by atoms with Crippen molar-refractivity contribution < 1.29 is 9.53 Å². The minimum atomic E-state index is 0.0189. The summed E-state index contributed by atoms with van der Waals surface area (Å²) in [7, 11) is 0. The molecule has 3 aromatic rings. The molecule has 0 fully saturated rings. The molecular formula is C20H18N2O2. The maximum Gasteiger partial charge on any atom is 0.260 e. The predicted octanol–water partition coefficient (Wildman–Crippen LogP) is 3.20. The zero-order chi connectivity index (χ0) is 16.4. The summed E-state index contributed by atoms with van der Waals surface area (Å²) in [4.78, 5) is 18.7. The van der Waals surface area contributed by atoms with Gasteiger partial charge in [0.05, 0.1) is 5.52 Å². The van der Waals surface area contributed by atoms with Crippen LogP contribution in [0.2, 0.25) is 0 Å². The molecule has 1 aliphatic heterocycles. The minimum absolute atomic E-state index is 0.0189. The lowest BCUT2D eigenvalue weighted by Crippen LogP contribution is -2.38. The van der Waals surface area contributed by atoms with Crippen LogP contribution in [0.15, 0.2) is 60.8 Å². The highest BCUT2D eigenvalue weighted by atomic mass is 16.5. The molecule has 1 aliphatic rings. The third kappa shape index (κ3) is 2.83. The smallest absolute Gasteiger partial charge is 0.260 e. The molecule has 1 aromatic heterocycles. The molecule has 0 atom stereocenters. The normalized spacial score (nSPS) is 13.6. The number of carbonyl (C=O) groups is 1. The first kappa shape index (κ1) is 14.7. The number of nitrogens with zero attached hydrogens (tertiary/aromatic N) is 2. The number of hydrogen-bond acceptors (Lipinski definition) is 3. The van der Waals surface area contributed by atoms with E-state index in [0.29, 0.717) is 12.3 Å². The van der Waals surface area contributed by atoms with E-state index in [1.165, 1.54) is 11.1 Å². The van der Waals surface area contributed by atoms with Gasteiger partial charge in [-0.3, -0.25) is 9.78 Å². The molecule has 0 spiro atoms. The zero-order valence-electron chi connectivity index (χ0n) is 13.3.